The Bertz CT molecular complexity index is 260. The molecule has 0 aromatic rings. The van der Waals surface area contributed by atoms with E-state index in [0.29, 0.717) is 0 Å². The number of hydrogen-bond acceptors (Lipinski definition) is 3. The monoisotopic (exact) mass is 232 g/mol. The van der Waals surface area contributed by atoms with Crippen molar-refractivity contribution in [2.75, 3.05) is 13.6 Å². The molecular weight excluding hydrogens is 212 g/mol. The minimum absolute atomic E-state index is 0.220. The highest BCUT2D eigenvalue weighted by atomic mass is 16.6. The number of carbonyl (C=O) groups excluding carboxylic acids is 1. The van der Waals surface area contributed by atoms with E-state index < -0.39 is 17.8 Å². The van der Waals surface area contributed by atoms with E-state index in [1.165, 1.54) is 7.05 Å². The van der Waals surface area contributed by atoms with Gasteiger partial charge in [0.25, 0.3) is 0 Å². The number of amides is 2. The Morgan fingerprint density at radius 1 is 1.44 bits per heavy atom. The molecule has 0 saturated carbocycles. The molecule has 0 spiro atoms. The summed E-state index contributed by atoms with van der Waals surface area (Å²) in [6.45, 7) is 7.21. The summed E-state index contributed by atoms with van der Waals surface area (Å²) < 4.78 is 5.01. The Kier molecular flexibility index (Phi) is 5.07. The van der Waals surface area contributed by atoms with E-state index in [4.69, 9.17) is 9.84 Å². The Hall–Kier alpha value is -1.46. The summed E-state index contributed by atoms with van der Waals surface area (Å²) in [5.41, 5.74) is -0.550. The zero-order chi connectivity index (χ0) is 12.9. The van der Waals surface area contributed by atoms with Crippen LogP contribution in [0.1, 0.15) is 27.7 Å². The van der Waals surface area contributed by atoms with Crippen molar-refractivity contribution in [3.63, 3.8) is 0 Å². The second-order valence-corrected chi connectivity index (χ2v) is 4.63. The Morgan fingerprint density at radius 3 is 2.31 bits per heavy atom. The van der Waals surface area contributed by atoms with Crippen molar-refractivity contribution in [2.45, 2.75) is 39.3 Å². The van der Waals surface area contributed by atoms with Crippen molar-refractivity contribution < 1.29 is 19.4 Å². The number of likely N-dealkylation sites (N-methyl/N-ethyl adjacent to an activating group) is 1. The van der Waals surface area contributed by atoms with E-state index in [-0.39, 0.29) is 12.6 Å². The van der Waals surface area contributed by atoms with Crippen molar-refractivity contribution in [2.24, 2.45) is 0 Å². The molecule has 0 aliphatic heterocycles. The zero-order valence-corrected chi connectivity index (χ0v) is 10.4. The SMILES string of the molecule is CC(CNC(=O)OC(C)(C)C)N(C)C(=O)O. The van der Waals surface area contributed by atoms with Crippen LogP contribution in [0.5, 0.6) is 0 Å². The van der Waals surface area contributed by atoms with Crippen molar-refractivity contribution in [1.82, 2.24) is 10.2 Å². The molecule has 2 amide bonds. The maximum absolute atomic E-state index is 11.3. The minimum Gasteiger partial charge on any atom is -0.465 e. The van der Waals surface area contributed by atoms with Crippen molar-refractivity contribution in [3.05, 3.63) is 0 Å². The van der Waals surface area contributed by atoms with Crippen LogP contribution in [0.25, 0.3) is 0 Å². The van der Waals surface area contributed by atoms with Crippen LogP contribution in [0.3, 0.4) is 0 Å². The van der Waals surface area contributed by atoms with Crippen LogP contribution >= 0.6 is 0 Å². The lowest BCUT2D eigenvalue weighted by atomic mass is 10.2. The zero-order valence-electron chi connectivity index (χ0n) is 10.4. The first-order valence-corrected chi connectivity index (χ1v) is 5.06. The van der Waals surface area contributed by atoms with Gasteiger partial charge in [-0.1, -0.05) is 0 Å². The van der Waals surface area contributed by atoms with Crippen LogP contribution in [-0.2, 0) is 4.74 Å². The molecule has 0 radical (unpaired) electrons. The van der Waals surface area contributed by atoms with E-state index in [9.17, 15) is 9.59 Å². The molecule has 16 heavy (non-hydrogen) atoms. The van der Waals surface area contributed by atoms with Gasteiger partial charge < -0.3 is 20.1 Å². The van der Waals surface area contributed by atoms with Gasteiger partial charge in [0.2, 0.25) is 0 Å². The van der Waals surface area contributed by atoms with Gasteiger partial charge in [0.1, 0.15) is 5.60 Å². The average molecular weight is 232 g/mol. The summed E-state index contributed by atoms with van der Waals surface area (Å²) in [4.78, 5) is 23.0. The van der Waals surface area contributed by atoms with E-state index in [0.717, 1.165) is 4.90 Å². The van der Waals surface area contributed by atoms with Gasteiger partial charge in [-0.05, 0) is 27.7 Å². The summed E-state index contributed by atoms with van der Waals surface area (Å²) in [6.07, 6.45) is -1.57. The third-order valence-corrected chi connectivity index (χ3v) is 1.90. The third kappa shape index (κ3) is 6.10. The normalized spacial score (nSPS) is 12.8. The lowest BCUT2D eigenvalue weighted by Gasteiger charge is -2.24. The maximum Gasteiger partial charge on any atom is 0.407 e. The third-order valence-electron chi connectivity index (χ3n) is 1.90. The second kappa shape index (κ2) is 5.58. The standard InChI is InChI=1S/C10H20N2O4/c1-7(12(5)9(14)15)6-11-8(13)16-10(2,3)4/h7H,6H2,1-5H3,(H,11,13)(H,14,15). The molecule has 0 aliphatic rings. The molecule has 0 aliphatic carbocycles. The van der Waals surface area contributed by atoms with Gasteiger partial charge in [-0.25, -0.2) is 9.59 Å². The van der Waals surface area contributed by atoms with Crippen LogP contribution in [0.15, 0.2) is 0 Å². The fourth-order valence-corrected chi connectivity index (χ4v) is 0.871. The molecular formula is C10H20N2O4. The number of carbonyl (C=O) groups is 2. The molecule has 6 heteroatoms. The molecule has 0 fully saturated rings. The van der Waals surface area contributed by atoms with Crippen LogP contribution in [0.2, 0.25) is 0 Å². The average Bonchev–Trinajstić information content (AvgIpc) is 2.09. The molecule has 1 unspecified atom stereocenters. The molecule has 6 nitrogen and oxygen atoms in total. The van der Waals surface area contributed by atoms with Crippen molar-refractivity contribution >= 4 is 12.2 Å². The smallest absolute Gasteiger partial charge is 0.407 e. The Labute approximate surface area is 95.6 Å². The number of rotatable bonds is 3. The lowest BCUT2D eigenvalue weighted by Crippen LogP contribution is -2.43. The first-order chi connectivity index (χ1) is 7.13. The summed E-state index contributed by atoms with van der Waals surface area (Å²) in [5.74, 6) is 0. The fraction of sp³-hybridized carbons (Fsp3) is 0.800. The van der Waals surface area contributed by atoms with Gasteiger partial charge in [-0.2, -0.15) is 0 Å². The number of alkyl carbamates (subject to hydrolysis) is 1. The predicted octanol–water partition coefficient (Wildman–Crippen LogP) is 1.51. The first-order valence-electron chi connectivity index (χ1n) is 5.06. The van der Waals surface area contributed by atoms with Crippen LogP contribution in [0, 0.1) is 0 Å². The largest absolute Gasteiger partial charge is 0.465 e. The van der Waals surface area contributed by atoms with Gasteiger partial charge in [0, 0.05) is 19.6 Å². The summed E-state index contributed by atoms with van der Waals surface area (Å²) in [6, 6.07) is -0.301. The van der Waals surface area contributed by atoms with Gasteiger partial charge in [0.05, 0.1) is 0 Å². The van der Waals surface area contributed by atoms with E-state index in [1.54, 1.807) is 27.7 Å². The number of nitrogens with one attached hydrogen (secondary N) is 1. The lowest BCUT2D eigenvalue weighted by molar-refractivity contribution is 0.0511. The molecule has 0 aromatic heterocycles. The number of carboxylic acid groups (broad SMARTS) is 1. The molecule has 1 atom stereocenters. The summed E-state index contributed by atoms with van der Waals surface area (Å²) in [7, 11) is 1.45. The molecule has 0 bridgehead atoms. The van der Waals surface area contributed by atoms with Crippen LogP contribution in [0.4, 0.5) is 9.59 Å². The van der Waals surface area contributed by atoms with Crippen LogP contribution in [-0.4, -0.2) is 47.4 Å². The van der Waals surface area contributed by atoms with E-state index in [1.807, 2.05) is 0 Å². The predicted molar refractivity (Wildman–Crippen MR) is 59.5 cm³/mol. The molecule has 2 N–H and O–H groups in total. The Morgan fingerprint density at radius 2 is 1.94 bits per heavy atom. The van der Waals surface area contributed by atoms with Gasteiger partial charge >= 0.3 is 12.2 Å². The summed E-state index contributed by atoms with van der Waals surface area (Å²) >= 11 is 0. The molecule has 0 aromatic carbocycles. The van der Waals surface area contributed by atoms with Gasteiger partial charge in [-0.15, -0.1) is 0 Å². The van der Waals surface area contributed by atoms with Crippen molar-refractivity contribution in [1.29, 1.82) is 0 Å². The fourth-order valence-electron chi connectivity index (χ4n) is 0.871. The number of nitrogens with zero attached hydrogens (tertiary/aromatic N) is 1. The molecule has 94 valence electrons. The topological polar surface area (TPSA) is 78.9 Å². The van der Waals surface area contributed by atoms with Crippen LogP contribution < -0.4 is 5.32 Å². The summed E-state index contributed by atoms with van der Waals surface area (Å²) in [5, 5.41) is 11.2. The van der Waals surface area contributed by atoms with E-state index >= 15 is 0 Å². The number of hydrogen-bond donors (Lipinski definition) is 2. The Balaban J connectivity index is 3.97. The maximum atomic E-state index is 11.3. The highest BCUT2D eigenvalue weighted by Gasteiger charge is 2.18. The number of ether oxygens (including phenoxy) is 1. The first kappa shape index (κ1) is 14.5. The second-order valence-electron chi connectivity index (χ2n) is 4.63. The molecule has 0 rings (SSSR count). The quantitative estimate of drug-likeness (QED) is 0.773. The minimum atomic E-state index is -1.03. The van der Waals surface area contributed by atoms with E-state index in [2.05, 4.69) is 5.32 Å². The highest BCUT2D eigenvalue weighted by molar-refractivity contribution is 5.68. The molecule has 0 saturated heterocycles. The van der Waals surface area contributed by atoms with Gasteiger partial charge in [-0.3, -0.25) is 0 Å². The van der Waals surface area contributed by atoms with Crippen molar-refractivity contribution in [3.8, 4) is 0 Å². The van der Waals surface area contributed by atoms with Gasteiger partial charge in [0.15, 0.2) is 0 Å². The molecule has 0 heterocycles. The highest BCUT2D eigenvalue weighted by Crippen LogP contribution is 2.06.